The van der Waals surface area contributed by atoms with Crippen molar-refractivity contribution in [1.29, 1.82) is 0 Å². The Balaban J connectivity index is 2.54. The van der Waals surface area contributed by atoms with Gasteiger partial charge in [0, 0.05) is 18.1 Å². The highest BCUT2D eigenvalue weighted by Crippen LogP contribution is 2.36. The third-order valence-electron chi connectivity index (χ3n) is 3.75. The summed E-state index contributed by atoms with van der Waals surface area (Å²) in [5, 5.41) is 3.19. The van der Waals surface area contributed by atoms with Crippen LogP contribution < -0.4 is 10.6 Å². The average Bonchev–Trinajstić information content (AvgIpc) is 2.67. The number of nitrogens with zero attached hydrogens (tertiary/aromatic N) is 1. The van der Waals surface area contributed by atoms with Gasteiger partial charge in [0.15, 0.2) is 0 Å². The minimum Gasteiger partial charge on any atom is -0.463 e. The monoisotopic (exact) mass is 435 g/mol. The maximum atomic E-state index is 14.0. The summed E-state index contributed by atoms with van der Waals surface area (Å²) in [5.41, 5.74) is -6.16. The van der Waals surface area contributed by atoms with Gasteiger partial charge in [-0.25, -0.2) is 4.79 Å². The number of carbonyl (C=O) groups excluding carboxylic acids is 2. The molecule has 1 heterocycles. The standard InChI is InChI=1S/C18H15F6N3O3/c1-2-30-15(29)16(18(22,23)24,27-14(28)11-5-4-8-25-10-11)26-13-7-3-6-12(9-13)17(19,20)21/h3-10,26H,2H2,1H3,(H,27,28)/t16-/m1/s1. The van der Waals surface area contributed by atoms with Gasteiger partial charge in [-0.15, -0.1) is 0 Å². The highest BCUT2D eigenvalue weighted by atomic mass is 19.4. The Morgan fingerprint density at radius 2 is 1.77 bits per heavy atom. The van der Waals surface area contributed by atoms with Crippen LogP contribution >= 0.6 is 0 Å². The SMILES string of the molecule is CCOC(=O)[C@](NC(=O)c1cccnc1)(Nc1cccc(C(F)(F)F)c1)C(F)(F)F. The largest absolute Gasteiger partial charge is 0.463 e. The molecule has 0 bridgehead atoms. The molecule has 0 spiro atoms. The molecule has 30 heavy (non-hydrogen) atoms. The Bertz CT molecular complexity index is 902. The number of hydrogen-bond acceptors (Lipinski definition) is 5. The quantitative estimate of drug-likeness (QED) is 0.410. The molecule has 0 unspecified atom stereocenters. The van der Waals surface area contributed by atoms with Crippen molar-refractivity contribution in [2.75, 3.05) is 11.9 Å². The Hall–Kier alpha value is -3.31. The van der Waals surface area contributed by atoms with E-state index >= 15 is 0 Å². The Labute approximate surface area is 166 Å². The van der Waals surface area contributed by atoms with E-state index in [1.54, 1.807) is 5.32 Å². The van der Waals surface area contributed by atoms with Crippen LogP contribution in [-0.2, 0) is 15.7 Å². The molecule has 2 aromatic rings. The summed E-state index contributed by atoms with van der Waals surface area (Å²) in [7, 11) is 0. The summed E-state index contributed by atoms with van der Waals surface area (Å²) in [6, 6.07) is 5.15. The van der Waals surface area contributed by atoms with Gasteiger partial charge in [-0.3, -0.25) is 9.78 Å². The maximum Gasteiger partial charge on any atom is 0.441 e. The Kier molecular flexibility index (Phi) is 6.58. The van der Waals surface area contributed by atoms with Crippen molar-refractivity contribution >= 4 is 17.6 Å². The molecule has 162 valence electrons. The zero-order valence-electron chi connectivity index (χ0n) is 15.3. The maximum absolute atomic E-state index is 14.0. The molecule has 0 aliphatic carbocycles. The first-order valence-corrected chi connectivity index (χ1v) is 8.32. The molecule has 1 aromatic heterocycles. The predicted octanol–water partition coefficient (Wildman–Crippen LogP) is 3.76. The number of nitrogens with one attached hydrogen (secondary N) is 2. The number of amides is 1. The van der Waals surface area contributed by atoms with Crippen molar-refractivity contribution in [3.63, 3.8) is 0 Å². The predicted molar refractivity (Wildman–Crippen MR) is 92.2 cm³/mol. The minimum absolute atomic E-state index is 0.318. The van der Waals surface area contributed by atoms with Crippen molar-refractivity contribution in [2.24, 2.45) is 0 Å². The molecule has 2 rings (SSSR count). The second-order valence-corrected chi connectivity index (χ2v) is 5.87. The fraction of sp³-hybridized carbons (Fsp3) is 0.278. The number of ether oxygens (including phenoxy) is 1. The average molecular weight is 435 g/mol. The summed E-state index contributed by atoms with van der Waals surface area (Å²) in [6.45, 7) is 0.746. The summed E-state index contributed by atoms with van der Waals surface area (Å²) < 4.78 is 85.3. The number of rotatable bonds is 6. The van der Waals surface area contributed by atoms with Gasteiger partial charge in [-0.1, -0.05) is 6.07 Å². The van der Waals surface area contributed by atoms with Gasteiger partial charge >= 0.3 is 24.0 Å². The van der Waals surface area contributed by atoms with E-state index in [-0.39, 0.29) is 5.56 Å². The number of esters is 1. The highest BCUT2D eigenvalue weighted by molar-refractivity contribution is 5.99. The molecular formula is C18H15F6N3O3. The molecular weight excluding hydrogens is 420 g/mol. The number of anilines is 1. The molecule has 0 saturated heterocycles. The van der Waals surface area contributed by atoms with Crippen LogP contribution in [0.25, 0.3) is 0 Å². The molecule has 0 aliphatic rings. The molecule has 2 N–H and O–H groups in total. The van der Waals surface area contributed by atoms with E-state index in [4.69, 9.17) is 0 Å². The van der Waals surface area contributed by atoms with E-state index in [0.717, 1.165) is 24.4 Å². The Morgan fingerprint density at radius 3 is 2.30 bits per heavy atom. The highest BCUT2D eigenvalue weighted by Gasteiger charge is 2.63. The van der Waals surface area contributed by atoms with Crippen LogP contribution in [0.1, 0.15) is 22.8 Å². The third kappa shape index (κ3) is 4.99. The number of carbonyl (C=O) groups is 2. The van der Waals surface area contributed by atoms with Gasteiger partial charge in [0.05, 0.1) is 17.7 Å². The third-order valence-corrected chi connectivity index (χ3v) is 3.75. The van der Waals surface area contributed by atoms with Gasteiger partial charge in [-0.05, 0) is 37.3 Å². The van der Waals surface area contributed by atoms with E-state index in [9.17, 15) is 35.9 Å². The molecule has 0 fully saturated rings. The normalized spacial score (nSPS) is 13.8. The van der Waals surface area contributed by atoms with Crippen LogP contribution in [0.15, 0.2) is 48.8 Å². The van der Waals surface area contributed by atoms with Gasteiger partial charge < -0.3 is 15.4 Å². The number of aromatic nitrogens is 1. The molecule has 0 radical (unpaired) electrons. The van der Waals surface area contributed by atoms with Crippen LogP contribution in [0.2, 0.25) is 0 Å². The topological polar surface area (TPSA) is 80.3 Å². The fourth-order valence-electron chi connectivity index (χ4n) is 2.36. The zero-order chi connectivity index (χ0) is 22.6. The van der Waals surface area contributed by atoms with Gasteiger partial charge in [0.25, 0.3) is 5.91 Å². The summed E-state index contributed by atoms with van der Waals surface area (Å²) >= 11 is 0. The van der Waals surface area contributed by atoms with E-state index in [1.807, 2.05) is 0 Å². The molecule has 0 saturated carbocycles. The summed E-state index contributed by atoms with van der Waals surface area (Å²) in [4.78, 5) is 28.3. The lowest BCUT2D eigenvalue weighted by Gasteiger charge is -2.35. The second kappa shape index (κ2) is 8.59. The van der Waals surface area contributed by atoms with Crippen LogP contribution in [0, 0.1) is 0 Å². The van der Waals surface area contributed by atoms with Crippen molar-refractivity contribution in [1.82, 2.24) is 10.3 Å². The second-order valence-electron chi connectivity index (χ2n) is 5.87. The van der Waals surface area contributed by atoms with Crippen molar-refractivity contribution < 1.29 is 40.7 Å². The lowest BCUT2D eigenvalue weighted by molar-refractivity contribution is -0.204. The zero-order valence-corrected chi connectivity index (χ0v) is 15.3. The lowest BCUT2D eigenvalue weighted by Crippen LogP contribution is -2.69. The van der Waals surface area contributed by atoms with E-state index in [2.05, 4.69) is 9.72 Å². The van der Waals surface area contributed by atoms with Crippen LogP contribution in [-0.4, -0.2) is 35.3 Å². The number of hydrogen-bond donors (Lipinski definition) is 2. The minimum atomic E-state index is -5.49. The smallest absolute Gasteiger partial charge is 0.441 e. The van der Waals surface area contributed by atoms with Gasteiger partial charge in [0.1, 0.15) is 0 Å². The number of alkyl halides is 6. The van der Waals surface area contributed by atoms with Crippen molar-refractivity contribution in [3.8, 4) is 0 Å². The number of benzene rings is 1. The first-order valence-electron chi connectivity index (χ1n) is 8.32. The van der Waals surface area contributed by atoms with E-state index < -0.39 is 47.7 Å². The first-order chi connectivity index (χ1) is 13.9. The molecule has 1 aromatic carbocycles. The van der Waals surface area contributed by atoms with Crippen LogP contribution in [0.5, 0.6) is 0 Å². The van der Waals surface area contributed by atoms with Crippen molar-refractivity contribution in [3.05, 3.63) is 59.9 Å². The summed E-state index contributed by atoms with van der Waals surface area (Å²) in [6.07, 6.45) is -8.13. The fourth-order valence-corrected chi connectivity index (χ4v) is 2.36. The Morgan fingerprint density at radius 1 is 1.07 bits per heavy atom. The first kappa shape index (κ1) is 23.0. The lowest BCUT2D eigenvalue weighted by atomic mass is 10.1. The van der Waals surface area contributed by atoms with Crippen LogP contribution in [0.4, 0.5) is 32.0 Å². The molecule has 1 atom stereocenters. The molecule has 12 heteroatoms. The summed E-state index contributed by atoms with van der Waals surface area (Å²) in [5.74, 6) is -3.31. The molecule has 0 aliphatic heterocycles. The van der Waals surface area contributed by atoms with Gasteiger partial charge in [0.2, 0.25) is 0 Å². The van der Waals surface area contributed by atoms with Gasteiger partial charge in [-0.2, -0.15) is 26.3 Å². The molecule has 1 amide bonds. The number of pyridine rings is 1. The van der Waals surface area contributed by atoms with E-state index in [1.165, 1.54) is 24.5 Å². The van der Waals surface area contributed by atoms with Crippen molar-refractivity contribution in [2.45, 2.75) is 24.9 Å². The van der Waals surface area contributed by atoms with E-state index in [0.29, 0.717) is 12.1 Å². The molecule has 6 nitrogen and oxygen atoms in total. The van der Waals surface area contributed by atoms with Crippen LogP contribution in [0.3, 0.4) is 0 Å². The number of halogens is 6.